The van der Waals surface area contributed by atoms with Crippen LogP contribution in [0.15, 0.2) is 18.2 Å². The molecule has 0 unspecified atom stereocenters. The third-order valence-electron chi connectivity index (χ3n) is 2.14. The van der Waals surface area contributed by atoms with E-state index in [2.05, 4.69) is 15.9 Å². The Labute approximate surface area is 108 Å². The molecule has 0 aliphatic heterocycles. The summed E-state index contributed by atoms with van der Waals surface area (Å²) in [5.74, 6) is 11.4. The lowest BCUT2D eigenvalue weighted by atomic mass is 10.1. The molecule has 0 atom stereocenters. The van der Waals surface area contributed by atoms with Gasteiger partial charge in [-0.1, -0.05) is 22.0 Å². The molecular weight excluding hydrogens is 288 g/mol. The van der Waals surface area contributed by atoms with Crippen molar-refractivity contribution in [2.75, 3.05) is 11.6 Å². The number of alkyl halides is 1. The number of hydrogen-bond donors (Lipinski definition) is 3. The van der Waals surface area contributed by atoms with Crippen LogP contribution in [0.4, 0.5) is 10.5 Å². The summed E-state index contributed by atoms with van der Waals surface area (Å²) in [6, 6.07) is 4.70. The van der Waals surface area contributed by atoms with Crippen molar-refractivity contribution in [1.29, 1.82) is 0 Å². The summed E-state index contributed by atoms with van der Waals surface area (Å²) in [6.07, 6.45) is 0. The molecule has 7 heteroatoms. The molecule has 1 aromatic rings. The van der Waals surface area contributed by atoms with E-state index in [1.165, 1.54) is 0 Å². The Kier molecular flexibility index (Phi) is 5.20. The van der Waals surface area contributed by atoms with Gasteiger partial charge in [0.15, 0.2) is 0 Å². The van der Waals surface area contributed by atoms with Crippen molar-refractivity contribution in [3.63, 3.8) is 0 Å². The highest BCUT2D eigenvalue weighted by molar-refractivity contribution is 9.08. The fraction of sp³-hybridized carbons (Fsp3) is 0.300. The number of hydrazine groups is 2. The maximum absolute atomic E-state index is 11.4. The van der Waals surface area contributed by atoms with Crippen LogP contribution in [0.5, 0.6) is 5.75 Å². The number of hydrogen-bond acceptors (Lipinski definition) is 4. The van der Waals surface area contributed by atoms with Crippen LogP contribution in [0.3, 0.4) is 0 Å². The first-order valence-electron chi connectivity index (χ1n) is 5.01. The summed E-state index contributed by atoms with van der Waals surface area (Å²) in [5, 5.41) is 1.46. The SMILES string of the molecule is CCOc1cccc(N(N)C(=O)NN)c1CBr. The molecule has 0 fully saturated rings. The number of amides is 2. The van der Waals surface area contributed by atoms with Gasteiger partial charge in [-0.05, 0) is 19.1 Å². The van der Waals surface area contributed by atoms with Crippen LogP contribution < -0.4 is 26.9 Å². The maximum Gasteiger partial charge on any atom is 0.350 e. The van der Waals surface area contributed by atoms with Crippen molar-refractivity contribution >= 4 is 27.6 Å². The van der Waals surface area contributed by atoms with Gasteiger partial charge < -0.3 is 4.74 Å². The van der Waals surface area contributed by atoms with E-state index in [0.29, 0.717) is 23.4 Å². The third kappa shape index (κ3) is 3.09. The fourth-order valence-corrected chi connectivity index (χ4v) is 1.95. The number of nitrogens with zero attached hydrogens (tertiary/aromatic N) is 1. The second kappa shape index (κ2) is 6.43. The molecule has 2 amide bonds. The second-order valence-corrected chi connectivity index (χ2v) is 3.70. The molecule has 6 nitrogen and oxygen atoms in total. The lowest BCUT2D eigenvalue weighted by molar-refractivity contribution is 0.246. The van der Waals surface area contributed by atoms with Gasteiger partial charge in [0.2, 0.25) is 0 Å². The van der Waals surface area contributed by atoms with Crippen LogP contribution in [0.25, 0.3) is 0 Å². The van der Waals surface area contributed by atoms with Crippen LogP contribution in [0.2, 0.25) is 0 Å². The molecule has 0 aliphatic carbocycles. The average molecular weight is 303 g/mol. The fourth-order valence-electron chi connectivity index (χ4n) is 1.38. The van der Waals surface area contributed by atoms with E-state index in [0.717, 1.165) is 10.6 Å². The van der Waals surface area contributed by atoms with E-state index in [4.69, 9.17) is 16.4 Å². The summed E-state index contributed by atoms with van der Waals surface area (Å²) in [6.45, 7) is 2.43. The number of ether oxygens (including phenoxy) is 1. The summed E-state index contributed by atoms with van der Waals surface area (Å²) in [5.41, 5.74) is 3.30. The van der Waals surface area contributed by atoms with Gasteiger partial charge in [0, 0.05) is 10.9 Å². The van der Waals surface area contributed by atoms with Gasteiger partial charge in [-0.25, -0.2) is 21.5 Å². The monoisotopic (exact) mass is 302 g/mol. The Bertz CT molecular complexity index is 400. The molecule has 17 heavy (non-hydrogen) atoms. The summed E-state index contributed by atoms with van der Waals surface area (Å²) >= 11 is 3.34. The minimum Gasteiger partial charge on any atom is -0.493 e. The highest BCUT2D eigenvalue weighted by Crippen LogP contribution is 2.30. The Morgan fingerprint density at radius 1 is 1.59 bits per heavy atom. The largest absolute Gasteiger partial charge is 0.493 e. The Balaban J connectivity index is 3.14. The van der Waals surface area contributed by atoms with E-state index in [9.17, 15) is 4.79 Å². The maximum atomic E-state index is 11.4. The van der Waals surface area contributed by atoms with Crippen LogP contribution in [0, 0.1) is 0 Å². The number of halogens is 1. The smallest absolute Gasteiger partial charge is 0.350 e. The van der Waals surface area contributed by atoms with Crippen LogP contribution in [-0.2, 0) is 5.33 Å². The molecular formula is C10H15BrN4O2. The van der Waals surface area contributed by atoms with Gasteiger partial charge in [0.05, 0.1) is 12.3 Å². The van der Waals surface area contributed by atoms with Gasteiger partial charge in [0.25, 0.3) is 0 Å². The first kappa shape index (κ1) is 13.8. The molecule has 1 aromatic carbocycles. The Morgan fingerprint density at radius 3 is 2.82 bits per heavy atom. The molecule has 94 valence electrons. The highest BCUT2D eigenvalue weighted by atomic mass is 79.9. The molecule has 0 bridgehead atoms. The lowest BCUT2D eigenvalue weighted by Crippen LogP contribution is -2.48. The predicted molar refractivity (Wildman–Crippen MR) is 69.6 cm³/mol. The van der Waals surface area contributed by atoms with E-state index < -0.39 is 6.03 Å². The molecule has 0 radical (unpaired) electrons. The van der Waals surface area contributed by atoms with Crippen molar-refractivity contribution in [3.8, 4) is 5.75 Å². The zero-order valence-corrected chi connectivity index (χ0v) is 11.0. The number of carbonyl (C=O) groups excluding carboxylic acids is 1. The Morgan fingerprint density at radius 2 is 2.29 bits per heavy atom. The average Bonchev–Trinajstić information content (AvgIpc) is 2.37. The second-order valence-electron chi connectivity index (χ2n) is 3.14. The number of rotatable bonds is 4. The van der Waals surface area contributed by atoms with Gasteiger partial charge in [-0.2, -0.15) is 0 Å². The quantitative estimate of drug-likeness (QED) is 0.338. The summed E-state index contributed by atoms with van der Waals surface area (Å²) in [7, 11) is 0. The molecule has 5 N–H and O–H groups in total. The van der Waals surface area contributed by atoms with Crippen LogP contribution in [0.1, 0.15) is 12.5 Å². The topological polar surface area (TPSA) is 93.6 Å². The van der Waals surface area contributed by atoms with Gasteiger partial charge in [-0.15, -0.1) is 0 Å². The zero-order valence-electron chi connectivity index (χ0n) is 9.44. The van der Waals surface area contributed by atoms with Crippen molar-refractivity contribution in [2.45, 2.75) is 12.3 Å². The van der Waals surface area contributed by atoms with Gasteiger partial charge in [0.1, 0.15) is 5.75 Å². The number of benzene rings is 1. The van der Waals surface area contributed by atoms with E-state index in [1.807, 2.05) is 18.4 Å². The normalized spacial score (nSPS) is 9.88. The summed E-state index contributed by atoms with van der Waals surface area (Å²) < 4.78 is 5.46. The van der Waals surface area contributed by atoms with Crippen molar-refractivity contribution < 1.29 is 9.53 Å². The molecule has 0 heterocycles. The Hall–Kier alpha value is -1.31. The van der Waals surface area contributed by atoms with Crippen LogP contribution in [-0.4, -0.2) is 12.6 Å². The lowest BCUT2D eigenvalue weighted by Gasteiger charge is -2.20. The molecule has 0 saturated carbocycles. The molecule has 0 spiro atoms. The minimum absolute atomic E-state index is 0.518. The molecule has 1 rings (SSSR count). The van der Waals surface area contributed by atoms with E-state index in [1.54, 1.807) is 12.1 Å². The third-order valence-corrected chi connectivity index (χ3v) is 2.70. The first-order chi connectivity index (χ1) is 8.15. The number of anilines is 1. The van der Waals surface area contributed by atoms with Gasteiger partial charge >= 0.3 is 6.03 Å². The predicted octanol–water partition coefficient (Wildman–Crippen LogP) is 1.24. The number of urea groups is 1. The first-order valence-corrected chi connectivity index (χ1v) is 6.13. The summed E-state index contributed by atoms with van der Waals surface area (Å²) in [4.78, 5) is 11.4. The zero-order chi connectivity index (χ0) is 12.8. The highest BCUT2D eigenvalue weighted by Gasteiger charge is 2.16. The number of nitrogens with two attached hydrogens (primary N) is 2. The minimum atomic E-state index is -0.596. The molecule has 0 saturated heterocycles. The van der Waals surface area contributed by atoms with Crippen LogP contribution >= 0.6 is 15.9 Å². The number of carbonyl (C=O) groups is 1. The molecule has 0 aliphatic rings. The van der Waals surface area contributed by atoms with Crippen molar-refractivity contribution in [2.24, 2.45) is 11.7 Å². The van der Waals surface area contributed by atoms with Crippen molar-refractivity contribution in [3.05, 3.63) is 23.8 Å². The van der Waals surface area contributed by atoms with E-state index in [-0.39, 0.29) is 0 Å². The van der Waals surface area contributed by atoms with Gasteiger partial charge in [-0.3, -0.25) is 5.43 Å². The van der Waals surface area contributed by atoms with E-state index >= 15 is 0 Å². The standard InChI is InChI=1S/C10H15BrN4O2/c1-2-17-9-5-3-4-8(7(9)6-11)15(13)10(16)14-12/h3-5H,2,6,12-13H2,1H3,(H,14,16). The van der Waals surface area contributed by atoms with Crippen molar-refractivity contribution in [1.82, 2.24) is 5.43 Å². The molecule has 0 aromatic heterocycles. The number of nitrogens with one attached hydrogen (secondary N) is 1.